The topological polar surface area (TPSA) is 38.5 Å². The SMILES string of the molecule is CC1CN(Cc2ccccc2OCC2CC2)CC1N.Cl. The summed E-state index contributed by atoms with van der Waals surface area (Å²) >= 11 is 0. The van der Waals surface area contributed by atoms with E-state index in [1.165, 1.54) is 18.4 Å². The molecule has 1 saturated carbocycles. The van der Waals surface area contributed by atoms with Crippen molar-refractivity contribution < 1.29 is 4.74 Å². The van der Waals surface area contributed by atoms with E-state index in [9.17, 15) is 0 Å². The number of ether oxygens (including phenoxy) is 1. The van der Waals surface area contributed by atoms with Gasteiger partial charge in [-0.2, -0.15) is 0 Å². The van der Waals surface area contributed by atoms with Crippen molar-refractivity contribution in [1.82, 2.24) is 4.90 Å². The normalized spacial score (nSPS) is 26.3. The number of halogens is 1. The van der Waals surface area contributed by atoms with Crippen molar-refractivity contribution in [1.29, 1.82) is 0 Å². The van der Waals surface area contributed by atoms with Crippen LogP contribution in [0.5, 0.6) is 5.75 Å². The first kappa shape index (κ1) is 15.6. The van der Waals surface area contributed by atoms with Gasteiger partial charge in [-0.05, 0) is 30.7 Å². The molecular formula is C16H25ClN2O. The maximum atomic E-state index is 6.09. The summed E-state index contributed by atoms with van der Waals surface area (Å²) < 4.78 is 5.97. The summed E-state index contributed by atoms with van der Waals surface area (Å²) in [6.07, 6.45) is 2.67. The Morgan fingerprint density at radius 2 is 2.00 bits per heavy atom. The third-order valence-electron chi connectivity index (χ3n) is 4.28. The Hall–Kier alpha value is -0.770. The van der Waals surface area contributed by atoms with Crippen LogP contribution >= 0.6 is 12.4 Å². The lowest BCUT2D eigenvalue weighted by Crippen LogP contribution is -2.28. The molecule has 0 spiro atoms. The molecule has 112 valence electrons. The lowest BCUT2D eigenvalue weighted by Gasteiger charge is -2.18. The second-order valence-electron chi connectivity index (χ2n) is 6.20. The summed E-state index contributed by atoms with van der Waals surface area (Å²) in [5.74, 6) is 2.45. The van der Waals surface area contributed by atoms with E-state index < -0.39 is 0 Å². The van der Waals surface area contributed by atoms with Crippen LogP contribution in [0.15, 0.2) is 24.3 Å². The van der Waals surface area contributed by atoms with Gasteiger partial charge in [0.15, 0.2) is 0 Å². The van der Waals surface area contributed by atoms with Gasteiger partial charge < -0.3 is 10.5 Å². The Morgan fingerprint density at radius 1 is 1.25 bits per heavy atom. The van der Waals surface area contributed by atoms with E-state index in [2.05, 4.69) is 36.1 Å². The highest BCUT2D eigenvalue weighted by Gasteiger charge is 2.27. The Morgan fingerprint density at radius 3 is 2.65 bits per heavy atom. The van der Waals surface area contributed by atoms with Gasteiger partial charge in [-0.1, -0.05) is 25.1 Å². The third-order valence-corrected chi connectivity index (χ3v) is 4.28. The molecular weight excluding hydrogens is 272 g/mol. The zero-order chi connectivity index (χ0) is 13.2. The number of nitrogens with zero attached hydrogens (tertiary/aromatic N) is 1. The van der Waals surface area contributed by atoms with Crippen molar-refractivity contribution in [2.24, 2.45) is 17.6 Å². The molecule has 2 N–H and O–H groups in total. The summed E-state index contributed by atoms with van der Waals surface area (Å²) in [6, 6.07) is 8.75. The molecule has 1 aliphatic heterocycles. The molecule has 2 aliphatic rings. The molecule has 1 heterocycles. The van der Waals surface area contributed by atoms with E-state index in [1.807, 2.05) is 0 Å². The monoisotopic (exact) mass is 296 g/mol. The number of para-hydroxylation sites is 1. The molecule has 3 rings (SSSR count). The number of likely N-dealkylation sites (tertiary alicyclic amines) is 1. The first-order valence-corrected chi connectivity index (χ1v) is 7.41. The highest BCUT2D eigenvalue weighted by molar-refractivity contribution is 5.85. The second-order valence-corrected chi connectivity index (χ2v) is 6.20. The average Bonchev–Trinajstić information content (AvgIpc) is 3.16. The first-order chi connectivity index (χ1) is 9.22. The van der Waals surface area contributed by atoms with Crippen LogP contribution in [-0.4, -0.2) is 30.6 Å². The summed E-state index contributed by atoms with van der Waals surface area (Å²) in [5.41, 5.74) is 7.39. The minimum absolute atomic E-state index is 0. The Labute approximate surface area is 127 Å². The maximum Gasteiger partial charge on any atom is 0.123 e. The van der Waals surface area contributed by atoms with E-state index in [0.717, 1.165) is 37.9 Å². The first-order valence-electron chi connectivity index (χ1n) is 7.41. The summed E-state index contributed by atoms with van der Waals surface area (Å²) in [5, 5.41) is 0. The number of hydrogen-bond acceptors (Lipinski definition) is 3. The number of hydrogen-bond donors (Lipinski definition) is 1. The van der Waals surface area contributed by atoms with Gasteiger partial charge in [-0.15, -0.1) is 12.4 Å². The maximum absolute atomic E-state index is 6.09. The fraction of sp³-hybridized carbons (Fsp3) is 0.625. The quantitative estimate of drug-likeness (QED) is 0.908. The predicted octanol–water partition coefficient (Wildman–Crippen LogP) is 2.68. The standard InChI is InChI=1S/C16H24N2O.ClH/c1-12-8-18(10-15(12)17)9-14-4-2-3-5-16(14)19-11-13-6-7-13;/h2-5,12-13,15H,6-11,17H2,1H3;1H. The highest BCUT2D eigenvalue weighted by Crippen LogP contribution is 2.31. The van der Waals surface area contributed by atoms with E-state index in [-0.39, 0.29) is 12.4 Å². The van der Waals surface area contributed by atoms with Crippen LogP contribution < -0.4 is 10.5 Å². The van der Waals surface area contributed by atoms with E-state index in [1.54, 1.807) is 0 Å². The molecule has 4 heteroatoms. The van der Waals surface area contributed by atoms with Crippen molar-refractivity contribution in [3.8, 4) is 5.75 Å². The van der Waals surface area contributed by atoms with Crippen molar-refractivity contribution >= 4 is 12.4 Å². The van der Waals surface area contributed by atoms with Gasteiger partial charge in [0.2, 0.25) is 0 Å². The van der Waals surface area contributed by atoms with Gasteiger partial charge in [0.05, 0.1) is 6.61 Å². The smallest absolute Gasteiger partial charge is 0.123 e. The van der Waals surface area contributed by atoms with E-state index in [4.69, 9.17) is 10.5 Å². The van der Waals surface area contributed by atoms with Crippen LogP contribution in [-0.2, 0) is 6.54 Å². The Kier molecular flexibility index (Phi) is 5.30. The molecule has 20 heavy (non-hydrogen) atoms. The second kappa shape index (κ2) is 6.79. The zero-order valence-corrected chi connectivity index (χ0v) is 12.9. The molecule has 1 saturated heterocycles. The summed E-state index contributed by atoms with van der Waals surface area (Å²) in [4.78, 5) is 2.44. The molecule has 2 fully saturated rings. The molecule has 0 aromatic heterocycles. The molecule has 3 nitrogen and oxygen atoms in total. The number of rotatable bonds is 5. The fourth-order valence-corrected chi connectivity index (χ4v) is 2.73. The average molecular weight is 297 g/mol. The fourth-order valence-electron chi connectivity index (χ4n) is 2.73. The largest absolute Gasteiger partial charge is 0.493 e. The van der Waals surface area contributed by atoms with Crippen molar-refractivity contribution in [3.63, 3.8) is 0 Å². The molecule has 2 atom stereocenters. The highest BCUT2D eigenvalue weighted by atomic mass is 35.5. The molecule has 2 unspecified atom stereocenters. The lowest BCUT2D eigenvalue weighted by molar-refractivity contribution is 0.279. The van der Waals surface area contributed by atoms with Gasteiger partial charge in [-0.3, -0.25) is 4.90 Å². The molecule has 0 radical (unpaired) electrons. The van der Waals surface area contributed by atoms with Crippen molar-refractivity contribution in [2.45, 2.75) is 32.4 Å². The molecule has 0 amide bonds. The van der Waals surface area contributed by atoms with E-state index in [0.29, 0.717) is 12.0 Å². The zero-order valence-electron chi connectivity index (χ0n) is 12.1. The number of nitrogens with two attached hydrogens (primary N) is 1. The van der Waals surface area contributed by atoms with Gasteiger partial charge in [0.1, 0.15) is 5.75 Å². The third kappa shape index (κ3) is 3.87. The minimum atomic E-state index is 0. The molecule has 1 aromatic carbocycles. The minimum Gasteiger partial charge on any atom is -0.493 e. The van der Waals surface area contributed by atoms with Gasteiger partial charge >= 0.3 is 0 Å². The Balaban J connectivity index is 0.00000147. The lowest BCUT2D eigenvalue weighted by atomic mass is 10.1. The van der Waals surface area contributed by atoms with Gasteiger partial charge in [0.25, 0.3) is 0 Å². The van der Waals surface area contributed by atoms with E-state index >= 15 is 0 Å². The molecule has 0 bridgehead atoms. The van der Waals surface area contributed by atoms with Crippen LogP contribution in [0.25, 0.3) is 0 Å². The molecule has 1 aromatic rings. The van der Waals surface area contributed by atoms with Crippen molar-refractivity contribution in [2.75, 3.05) is 19.7 Å². The van der Waals surface area contributed by atoms with Crippen LogP contribution in [0.3, 0.4) is 0 Å². The van der Waals surface area contributed by atoms with Crippen LogP contribution in [0.4, 0.5) is 0 Å². The van der Waals surface area contributed by atoms with Crippen LogP contribution in [0.1, 0.15) is 25.3 Å². The van der Waals surface area contributed by atoms with Gasteiger partial charge in [0, 0.05) is 31.2 Å². The molecule has 1 aliphatic carbocycles. The van der Waals surface area contributed by atoms with Crippen LogP contribution in [0, 0.1) is 11.8 Å². The Bertz CT molecular complexity index is 426. The van der Waals surface area contributed by atoms with Crippen LogP contribution in [0.2, 0.25) is 0 Å². The summed E-state index contributed by atoms with van der Waals surface area (Å²) in [7, 11) is 0. The van der Waals surface area contributed by atoms with Crippen molar-refractivity contribution in [3.05, 3.63) is 29.8 Å². The number of benzene rings is 1. The predicted molar refractivity (Wildman–Crippen MR) is 84.3 cm³/mol. The summed E-state index contributed by atoms with van der Waals surface area (Å²) in [6.45, 7) is 6.17. The van der Waals surface area contributed by atoms with Gasteiger partial charge in [-0.25, -0.2) is 0 Å².